The zero-order chi connectivity index (χ0) is 13.1. The highest BCUT2D eigenvalue weighted by molar-refractivity contribution is 9.10. The Morgan fingerprint density at radius 1 is 1.61 bits per heavy atom. The number of rotatable bonds is 4. The smallest absolute Gasteiger partial charge is 0.239 e. The lowest BCUT2D eigenvalue weighted by Crippen LogP contribution is -2.43. The van der Waals surface area contributed by atoms with Gasteiger partial charge in [-0.3, -0.25) is 4.79 Å². The Labute approximate surface area is 125 Å². The summed E-state index contributed by atoms with van der Waals surface area (Å²) in [5, 5.41) is 3.26. The minimum Gasteiger partial charge on any atom is -0.341 e. The molecule has 1 N–H and O–H groups in total. The molecule has 1 aromatic rings. The van der Waals surface area contributed by atoms with Gasteiger partial charge in [0.05, 0.1) is 6.04 Å². The summed E-state index contributed by atoms with van der Waals surface area (Å²) in [6.07, 6.45) is 2.26. The van der Waals surface area contributed by atoms with Crippen LogP contribution in [0, 0.1) is 0 Å². The molecule has 1 fully saturated rings. The minimum atomic E-state index is -0.136. The quantitative estimate of drug-likeness (QED) is 0.903. The SMILES string of the molecule is CC(NCc1cc(Br)c(Cl)s1)C(=O)N1CCCC1. The van der Waals surface area contributed by atoms with E-state index in [-0.39, 0.29) is 11.9 Å². The number of nitrogens with one attached hydrogen (secondary N) is 1. The van der Waals surface area contributed by atoms with Crippen LogP contribution in [-0.4, -0.2) is 29.9 Å². The molecule has 6 heteroatoms. The number of thiophene rings is 1. The predicted molar refractivity (Wildman–Crippen MR) is 79.1 cm³/mol. The number of amides is 1. The molecule has 100 valence electrons. The summed E-state index contributed by atoms with van der Waals surface area (Å²) < 4.78 is 1.68. The van der Waals surface area contributed by atoms with E-state index < -0.39 is 0 Å². The van der Waals surface area contributed by atoms with E-state index in [1.54, 1.807) is 0 Å². The average Bonchev–Trinajstić information content (AvgIpc) is 2.96. The van der Waals surface area contributed by atoms with E-state index in [1.807, 2.05) is 17.9 Å². The number of carbonyl (C=O) groups excluding carboxylic acids is 1. The van der Waals surface area contributed by atoms with Gasteiger partial charge >= 0.3 is 0 Å². The topological polar surface area (TPSA) is 32.3 Å². The van der Waals surface area contributed by atoms with Crippen LogP contribution in [0.4, 0.5) is 0 Å². The van der Waals surface area contributed by atoms with Crippen LogP contribution in [-0.2, 0) is 11.3 Å². The van der Waals surface area contributed by atoms with Gasteiger partial charge in [-0.15, -0.1) is 11.3 Å². The van der Waals surface area contributed by atoms with Crippen molar-refractivity contribution in [1.29, 1.82) is 0 Å². The predicted octanol–water partition coefficient (Wildman–Crippen LogP) is 3.26. The molecule has 1 aromatic heterocycles. The molecule has 1 amide bonds. The summed E-state index contributed by atoms with van der Waals surface area (Å²) in [6.45, 7) is 4.41. The molecule has 1 aliphatic heterocycles. The molecular formula is C12H16BrClN2OS. The Morgan fingerprint density at radius 2 is 2.28 bits per heavy atom. The Hall–Kier alpha value is -0.100. The normalized spacial score (nSPS) is 17.2. The summed E-state index contributed by atoms with van der Waals surface area (Å²) in [6, 6.07) is 1.86. The van der Waals surface area contributed by atoms with Crippen LogP contribution in [0.3, 0.4) is 0 Å². The van der Waals surface area contributed by atoms with Gasteiger partial charge in [0.15, 0.2) is 0 Å². The van der Waals surface area contributed by atoms with E-state index >= 15 is 0 Å². The molecule has 1 unspecified atom stereocenters. The summed E-state index contributed by atoms with van der Waals surface area (Å²) in [5.41, 5.74) is 0. The summed E-state index contributed by atoms with van der Waals surface area (Å²) in [5.74, 6) is 0.203. The molecule has 0 radical (unpaired) electrons. The third-order valence-corrected chi connectivity index (χ3v) is 5.54. The van der Waals surface area contributed by atoms with Crippen LogP contribution in [0.2, 0.25) is 4.34 Å². The molecule has 1 aliphatic rings. The van der Waals surface area contributed by atoms with Crippen molar-refractivity contribution in [3.05, 3.63) is 19.8 Å². The molecule has 2 rings (SSSR count). The largest absolute Gasteiger partial charge is 0.341 e. The number of halogens is 2. The third-order valence-electron chi connectivity index (χ3n) is 3.07. The number of likely N-dealkylation sites (tertiary alicyclic amines) is 1. The van der Waals surface area contributed by atoms with Crippen molar-refractivity contribution in [2.24, 2.45) is 0 Å². The maximum atomic E-state index is 12.1. The van der Waals surface area contributed by atoms with Crippen LogP contribution < -0.4 is 5.32 Å². The van der Waals surface area contributed by atoms with E-state index in [9.17, 15) is 4.79 Å². The van der Waals surface area contributed by atoms with Gasteiger partial charge in [-0.05, 0) is 41.8 Å². The minimum absolute atomic E-state index is 0.136. The van der Waals surface area contributed by atoms with Crippen molar-refractivity contribution in [2.75, 3.05) is 13.1 Å². The fourth-order valence-electron chi connectivity index (χ4n) is 2.03. The average molecular weight is 352 g/mol. The lowest BCUT2D eigenvalue weighted by atomic mass is 10.3. The molecule has 3 nitrogen and oxygen atoms in total. The Morgan fingerprint density at radius 3 is 2.83 bits per heavy atom. The van der Waals surface area contributed by atoms with Gasteiger partial charge in [0.2, 0.25) is 5.91 Å². The van der Waals surface area contributed by atoms with Crippen molar-refractivity contribution in [2.45, 2.75) is 32.4 Å². The second-order valence-electron chi connectivity index (χ2n) is 4.47. The Balaban J connectivity index is 1.83. The Kier molecular flexibility index (Phi) is 5.06. The van der Waals surface area contributed by atoms with Crippen molar-refractivity contribution in [3.8, 4) is 0 Å². The van der Waals surface area contributed by atoms with Gasteiger partial charge in [-0.25, -0.2) is 0 Å². The first-order valence-corrected chi connectivity index (χ1v) is 8.02. The van der Waals surface area contributed by atoms with Gasteiger partial charge in [-0.1, -0.05) is 11.6 Å². The monoisotopic (exact) mass is 350 g/mol. The molecule has 18 heavy (non-hydrogen) atoms. The van der Waals surface area contributed by atoms with Crippen LogP contribution >= 0.6 is 38.9 Å². The van der Waals surface area contributed by atoms with Crippen molar-refractivity contribution < 1.29 is 4.79 Å². The van der Waals surface area contributed by atoms with Gasteiger partial charge in [0, 0.05) is 29.0 Å². The van der Waals surface area contributed by atoms with E-state index in [0.29, 0.717) is 6.54 Å². The van der Waals surface area contributed by atoms with Crippen molar-refractivity contribution >= 4 is 44.8 Å². The zero-order valence-electron chi connectivity index (χ0n) is 10.2. The molecular weight excluding hydrogens is 336 g/mol. The fraction of sp³-hybridized carbons (Fsp3) is 0.583. The van der Waals surface area contributed by atoms with E-state index in [2.05, 4.69) is 21.2 Å². The molecule has 0 bridgehead atoms. The van der Waals surface area contributed by atoms with Gasteiger partial charge in [0.1, 0.15) is 4.34 Å². The number of nitrogens with zero attached hydrogens (tertiary/aromatic N) is 1. The molecule has 1 atom stereocenters. The van der Waals surface area contributed by atoms with Crippen molar-refractivity contribution in [1.82, 2.24) is 10.2 Å². The third kappa shape index (κ3) is 3.47. The molecule has 0 aromatic carbocycles. The highest BCUT2D eigenvalue weighted by Gasteiger charge is 2.22. The Bertz CT molecular complexity index is 412. The van der Waals surface area contributed by atoms with Crippen LogP contribution in [0.1, 0.15) is 24.6 Å². The molecule has 2 heterocycles. The molecule has 0 spiro atoms. The van der Waals surface area contributed by atoms with Gasteiger partial charge in [-0.2, -0.15) is 0 Å². The maximum Gasteiger partial charge on any atom is 0.239 e. The van der Waals surface area contributed by atoms with Gasteiger partial charge in [0.25, 0.3) is 0 Å². The van der Waals surface area contributed by atoms with Crippen molar-refractivity contribution in [3.63, 3.8) is 0 Å². The first kappa shape index (κ1) is 14.3. The van der Waals surface area contributed by atoms with E-state index in [1.165, 1.54) is 11.3 Å². The first-order chi connectivity index (χ1) is 8.58. The van der Waals surface area contributed by atoms with Gasteiger partial charge < -0.3 is 10.2 Å². The number of hydrogen-bond donors (Lipinski definition) is 1. The van der Waals surface area contributed by atoms with E-state index in [4.69, 9.17) is 11.6 Å². The number of carbonyl (C=O) groups is 1. The highest BCUT2D eigenvalue weighted by Crippen LogP contribution is 2.31. The second-order valence-corrected chi connectivity index (χ2v) is 7.06. The summed E-state index contributed by atoms with van der Waals surface area (Å²) in [7, 11) is 0. The van der Waals surface area contributed by atoms with Crippen LogP contribution in [0.25, 0.3) is 0 Å². The van der Waals surface area contributed by atoms with Crippen LogP contribution in [0.5, 0.6) is 0 Å². The lowest BCUT2D eigenvalue weighted by Gasteiger charge is -2.20. The molecule has 0 saturated carbocycles. The summed E-state index contributed by atoms with van der Waals surface area (Å²) >= 11 is 10.9. The second kappa shape index (κ2) is 6.37. The number of hydrogen-bond acceptors (Lipinski definition) is 3. The van der Waals surface area contributed by atoms with E-state index in [0.717, 1.165) is 39.6 Å². The first-order valence-electron chi connectivity index (χ1n) is 6.04. The molecule has 0 aliphatic carbocycles. The fourth-order valence-corrected chi connectivity index (χ4v) is 3.77. The highest BCUT2D eigenvalue weighted by atomic mass is 79.9. The van der Waals surface area contributed by atoms with Crippen LogP contribution in [0.15, 0.2) is 10.5 Å². The summed E-state index contributed by atoms with van der Waals surface area (Å²) in [4.78, 5) is 15.1. The lowest BCUT2D eigenvalue weighted by molar-refractivity contribution is -0.131. The standard InChI is InChI=1S/C12H16BrClN2OS/c1-8(12(17)16-4-2-3-5-16)15-7-9-6-10(13)11(14)18-9/h6,8,15H,2-5,7H2,1H3. The maximum absolute atomic E-state index is 12.1. The zero-order valence-corrected chi connectivity index (χ0v) is 13.4. The molecule has 1 saturated heterocycles.